The van der Waals surface area contributed by atoms with Crippen molar-refractivity contribution in [1.82, 2.24) is 9.97 Å². The standard InChI is InChI=1S/C15H23N3O2/c1-11(2)12-5-4-7-18(8-6-12)14-10-16-9-13(17-14)15(19)20-3/h9-12H,4-8H2,1-3H3. The summed E-state index contributed by atoms with van der Waals surface area (Å²) in [5.41, 5.74) is 0.273. The number of methoxy groups -OCH3 is 1. The largest absolute Gasteiger partial charge is 0.464 e. The van der Waals surface area contributed by atoms with E-state index in [1.165, 1.54) is 26.1 Å². The van der Waals surface area contributed by atoms with Gasteiger partial charge in [0.2, 0.25) is 0 Å². The number of esters is 1. The van der Waals surface area contributed by atoms with Gasteiger partial charge in [-0.1, -0.05) is 13.8 Å². The lowest BCUT2D eigenvalue weighted by molar-refractivity contribution is 0.0593. The summed E-state index contributed by atoms with van der Waals surface area (Å²) in [5, 5.41) is 0. The molecule has 1 unspecified atom stereocenters. The lowest BCUT2D eigenvalue weighted by atomic mass is 9.89. The molecule has 5 nitrogen and oxygen atoms in total. The molecule has 2 heterocycles. The van der Waals surface area contributed by atoms with E-state index in [1.54, 1.807) is 6.20 Å². The summed E-state index contributed by atoms with van der Waals surface area (Å²) in [5.74, 6) is 1.84. The van der Waals surface area contributed by atoms with E-state index in [0.717, 1.165) is 37.2 Å². The van der Waals surface area contributed by atoms with Crippen LogP contribution in [-0.2, 0) is 4.74 Å². The van der Waals surface area contributed by atoms with Gasteiger partial charge in [0.1, 0.15) is 5.82 Å². The maximum Gasteiger partial charge on any atom is 0.358 e. The normalized spacial score (nSPS) is 19.8. The first-order valence-corrected chi connectivity index (χ1v) is 7.27. The van der Waals surface area contributed by atoms with Gasteiger partial charge in [0.05, 0.1) is 19.5 Å². The zero-order valence-electron chi connectivity index (χ0n) is 12.5. The summed E-state index contributed by atoms with van der Waals surface area (Å²) >= 11 is 0. The van der Waals surface area contributed by atoms with Gasteiger partial charge >= 0.3 is 5.97 Å². The predicted octanol–water partition coefficient (Wildman–Crippen LogP) is 2.53. The molecule has 1 saturated heterocycles. The molecular formula is C15H23N3O2. The highest BCUT2D eigenvalue weighted by Gasteiger charge is 2.21. The highest BCUT2D eigenvalue weighted by Crippen LogP contribution is 2.26. The number of hydrogen-bond donors (Lipinski definition) is 0. The van der Waals surface area contributed by atoms with Crippen LogP contribution in [0.3, 0.4) is 0 Å². The van der Waals surface area contributed by atoms with Crippen LogP contribution >= 0.6 is 0 Å². The van der Waals surface area contributed by atoms with E-state index in [4.69, 9.17) is 4.74 Å². The van der Waals surface area contributed by atoms with E-state index >= 15 is 0 Å². The molecule has 1 aromatic rings. The van der Waals surface area contributed by atoms with Crippen LogP contribution in [0.2, 0.25) is 0 Å². The van der Waals surface area contributed by atoms with Gasteiger partial charge in [0.25, 0.3) is 0 Å². The van der Waals surface area contributed by atoms with Crippen molar-refractivity contribution in [3.8, 4) is 0 Å². The van der Waals surface area contributed by atoms with E-state index in [9.17, 15) is 4.79 Å². The van der Waals surface area contributed by atoms with Crippen LogP contribution in [0.25, 0.3) is 0 Å². The summed E-state index contributed by atoms with van der Waals surface area (Å²) in [6.07, 6.45) is 6.76. The van der Waals surface area contributed by atoms with Crippen LogP contribution in [0, 0.1) is 11.8 Å². The molecule has 1 aliphatic rings. The number of anilines is 1. The number of rotatable bonds is 3. The molecule has 1 aromatic heterocycles. The van der Waals surface area contributed by atoms with Gasteiger partial charge in [-0.05, 0) is 31.1 Å². The summed E-state index contributed by atoms with van der Waals surface area (Å²) in [6, 6.07) is 0. The molecule has 1 fully saturated rings. The second-order valence-corrected chi connectivity index (χ2v) is 5.68. The fraction of sp³-hybridized carbons (Fsp3) is 0.667. The molecule has 0 N–H and O–H groups in total. The van der Waals surface area contributed by atoms with Gasteiger partial charge in [-0.25, -0.2) is 9.78 Å². The van der Waals surface area contributed by atoms with Crippen molar-refractivity contribution >= 4 is 11.8 Å². The maximum atomic E-state index is 11.5. The third-order valence-corrected chi connectivity index (χ3v) is 4.06. The third-order valence-electron chi connectivity index (χ3n) is 4.06. The van der Waals surface area contributed by atoms with Gasteiger partial charge in [-0.3, -0.25) is 4.98 Å². The summed E-state index contributed by atoms with van der Waals surface area (Å²) in [4.78, 5) is 22.2. The molecule has 1 aliphatic heterocycles. The monoisotopic (exact) mass is 277 g/mol. The van der Waals surface area contributed by atoms with Gasteiger partial charge in [0.15, 0.2) is 5.69 Å². The molecule has 5 heteroatoms. The Morgan fingerprint density at radius 1 is 1.35 bits per heavy atom. The molecule has 2 rings (SSSR count). The second-order valence-electron chi connectivity index (χ2n) is 5.68. The zero-order chi connectivity index (χ0) is 14.5. The Kier molecular flexibility index (Phi) is 4.93. The molecule has 0 aliphatic carbocycles. The Labute approximate surface area is 120 Å². The Morgan fingerprint density at radius 2 is 2.15 bits per heavy atom. The van der Waals surface area contributed by atoms with Crippen LogP contribution < -0.4 is 4.90 Å². The molecule has 0 amide bonds. The van der Waals surface area contributed by atoms with Crippen molar-refractivity contribution in [2.45, 2.75) is 33.1 Å². The minimum atomic E-state index is -0.436. The lowest BCUT2D eigenvalue weighted by Gasteiger charge is -2.22. The Hall–Kier alpha value is -1.65. The van der Waals surface area contributed by atoms with Gasteiger partial charge < -0.3 is 9.64 Å². The summed E-state index contributed by atoms with van der Waals surface area (Å²) < 4.78 is 4.69. The highest BCUT2D eigenvalue weighted by atomic mass is 16.5. The molecule has 110 valence electrons. The Morgan fingerprint density at radius 3 is 2.85 bits per heavy atom. The van der Waals surface area contributed by atoms with Crippen molar-refractivity contribution in [2.75, 3.05) is 25.1 Å². The van der Waals surface area contributed by atoms with Crippen LogP contribution in [0.1, 0.15) is 43.6 Å². The fourth-order valence-electron chi connectivity index (χ4n) is 2.73. The van der Waals surface area contributed by atoms with Gasteiger partial charge in [0, 0.05) is 13.1 Å². The first kappa shape index (κ1) is 14.8. The van der Waals surface area contributed by atoms with E-state index in [1.807, 2.05) is 0 Å². The van der Waals surface area contributed by atoms with Gasteiger partial charge in [-0.15, -0.1) is 0 Å². The third kappa shape index (κ3) is 3.46. The quantitative estimate of drug-likeness (QED) is 0.795. The molecule has 0 aromatic carbocycles. The van der Waals surface area contributed by atoms with Crippen molar-refractivity contribution in [3.63, 3.8) is 0 Å². The van der Waals surface area contributed by atoms with E-state index in [-0.39, 0.29) is 5.69 Å². The number of ether oxygens (including phenoxy) is 1. The summed E-state index contributed by atoms with van der Waals surface area (Å²) in [6.45, 7) is 6.53. The van der Waals surface area contributed by atoms with Crippen molar-refractivity contribution in [3.05, 3.63) is 18.1 Å². The summed E-state index contributed by atoms with van der Waals surface area (Å²) in [7, 11) is 1.36. The van der Waals surface area contributed by atoms with Crippen LogP contribution in [-0.4, -0.2) is 36.1 Å². The predicted molar refractivity (Wildman–Crippen MR) is 77.8 cm³/mol. The van der Waals surface area contributed by atoms with Gasteiger partial charge in [-0.2, -0.15) is 0 Å². The minimum absolute atomic E-state index is 0.273. The maximum absolute atomic E-state index is 11.5. The second kappa shape index (κ2) is 6.68. The van der Waals surface area contributed by atoms with Crippen LogP contribution in [0.15, 0.2) is 12.4 Å². The van der Waals surface area contributed by atoms with Crippen molar-refractivity contribution in [2.24, 2.45) is 11.8 Å². The number of nitrogens with zero attached hydrogens (tertiary/aromatic N) is 3. The molecular weight excluding hydrogens is 254 g/mol. The minimum Gasteiger partial charge on any atom is -0.464 e. The smallest absolute Gasteiger partial charge is 0.358 e. The molecule has 20 heavy (non-hydrogen) atoms. The number of carbonyl (C=O) groups excluding carboxylic acids is 1. The van der Waals surface area contributed by atoms with Crippen LogP contribution in [0.5, 0.6) is 0 Å². The number of carbonyl (C=O) groups is 1. The average Bonchev–Trinajstić information content (AvgIpc) is 2.72. The van der Waals surface area contributed by atoms with Crippen molar-refractivity contribution < 1.29 is 9.53 Å². The Balaban J connectivity index is 2.09. The van der Waals surface area contributed by atoms with E-state index in [0.29, 0.717) is 0 Å². The molecule has 0 spiro atoms. The molecule has 0 bridgehead atoms. The fourth-order valence-corrected chi connectivity index (χ4v) is 2.73. The van der Waals surface area contributed by atoms with Crippen molar-refractivity contribution in [1.29, 1.82) is 0 Å². The molecule has 0 radical (unpaired) electrons. The first-order valence-electron chi connectivity index (χ1n) is 7.27. The van der Waals surface area contributed by atoms with Crippen LogP contribution in [0.4, 0.5) is 5.82 Å². The zero-order valence-corrected chi connectivity index (χ0v) is 12.5. The lowest BCUT2D eigenvalue weighted by Crippen LogP contribution is -2.26. The first-order chi connectivity index (χ1) is 9.61. The number of hydrogen-bond acceptors (Lipinski definition) is 5. The molecule has 0 saturated carbocycles. The Bertz CT molecular complexity index is 462. The molecule has 1 atom stereocenters. The number of aromatic nitrogens is 2. The van der Waals surface area contributed by atoms with E-state index in [2.05, 4.69) is 28.7 Å². The SMILES string of the molecule is COC(=O)c1cncc(N2CCCC(C(C)C)CC2)n1. The topological polar surface area (TPSA) is 55.3 Å². The van der Waals surface area contributed by atoms with E-state index < -0.39 is 5.97 Å². The highest BCUT2D eigenvalue weighted by molar-refractivity contribution is 5.87. The average molecular weight is 277 g/mol.